The van der Waals surface area contributed by atoms with Crippen LogP contribution < -0.4 is 4.74 Å². The molecule has 0 saturated heterocycles. The van der Waals surface area contributed by atoms with Gasteiger partial charge in [0.25, 0.3) is 0 Å². The predicted molar refractivity (Wildman–Crippen MR) is 233 cm³/mol. The van der Waals surface area contributed by atoms with Gasteiger partial charge in [-0.2, -0.15) is 0 Å². The van der Waals surface area contributed by atoms with E-state index in [0.717, 1.165) is 17.1 Å². The van der Waals surface area contributed by atoms with Crippen LogP contribution in [0, 0.1) is 0 Å². The van der Waals surface area contributed by atoms with Gasteiger partial charge in [-0.05, 0) is 118 Å². The van der Waals surface area contributed by atoms with E-state index in [1.54, 1.807) is 0 Å². The Labute approximate surface area is 325 Å². The summed E-state index contributed by atoms with van der Waals surface area (Å²) >= 11 is 0. The highest BCUT2D eigenvalue weighted by Gasteiger charge is 2.47. The van der Waals surface area contributed by atoms with Crippen LogP contribution >= 0.6 is 0 Å². The van der Waals surface area contributed by atoms with Gasteiger partial charge in [0.05, 0.1) is 5.41 Å². The zero-order valence-corrected chi connectivity index (χ0v) is 30.5. The van der Waals surface area contributed by atoms with E-state index in [9.17, 15) is 0 Å². The van der Waals surface area contributed by atoms with Gasteiger partial charge in [0.1, 0.15) is 11.5 Å². The van der Waals surface area contributed by atoms with Crippen LogP contribution in [0.2, 0.25) is 0 Å². The van der Waals surface area contributed by atoms with Crippen molar-refractivity contribution < 1.29 is 4.74 Å². The fraction of sp³-hybridized carbons (Fsp3) is 0.0182. The van der Waals surface area contributed by atoms with Crippen LogP contribution in [0.15, 0.2) is 206 Å². The van der Waals surface area contributed by atoms with E-state index in [4.69, 9.17) is 4.74 Å². The molecule has 1 heterocycles. The maximum Gasteiger partial charge on any atom is 0.135 e. The summed E-state index contributed by atoms with van der Waals surface area (Å²) in [6, 6.07) is 76.0. The van der Waals surface area contributed by atoms with Crippen LogP contribution in [0.25, 0.3) is 76.8 Å². The van der Waals surface area contributed by atoms with E-state index < -0.39 is 5.41 Å². The number of benzene rings is 10. The molecule has 0 spiro atoms. The number of hydrogen-bond donors (Lipinski definition) is 0. The third-order valence-corrected chi connectivity index (χ3v) is 12.3. The van der Waals surface area contributed by atoms with Crippen molar-refractivity contribution in [3.8, 4) is 56.0 Å². The van der Waals surface area contributed by atoms with Gasteiger partial charge in [-0.1, -0.05) is 176 Å². The molecule has 56 heavy (non-hydrogen) atoms. The molecule has 0 amide bonds. The van der Waals surface area contributed by atoms with Crippen LogP contribution in [0.5, 0.6) is 11.5 Å². The van der Waals surface area contributed by atoms with Crippen LogP contribution in [0.3, 0.4) is 0 Å². The molecule has 0 fully saturated rings. The van der Waals surface area contributed by atoms with Crippen LogP contribution in [0.4, 0.5) is 0 Å². The molecule has 1 nitrogen and oxygen atoms in total. The summed E-state index contributed by atoms with van der Waals surface area (Å²) in [4.78, 5) is 0. The van der Waals surface area contributed by atoms with E-state index in [1.807, 2.05) is 0 Å². The Kier molecular flexibility index (Phi) is 6.62. The van der Waals surface area contributed by atoms with Gasteiger partial charge in [-0.15, -0.1) is 0 Å². The fourth-order valence-corrected chi connectivity index (χ4v) is 9.97. The molecule has 260 valence electrons. The van der Waals surface area contributed by atoms with Crippen molar-refractivity contribution in [3.05, 3.63) is 229 Å². The number of rotatable bonds is 4. The third-order valence-electron chi connectivity index (χ3n) is 12.3. The highest BCUT2D eigenvalue weighted by atomic mass is 16.5. The van der Waals surface area contributed by atoms with Crippen molar-refractivity contribution in [1.82, 2.24) is 0 Å². The molecule has 10 aromatic carbocycles. The Balaban J connectivity index is 1.18. The van der Waals surface area contributed by atoms with Gasteiger partial charge in [-0.3, -0.25) is 0 Å². The first kappa shape index (κ1) is 31.2. The number of fused-ring (bicyclic) bond motifs is 7. The quantitative estimate of drug-likeness (QED) is 0.177. The SMILES string of the molecule is c1ccc(C2(c3ccccc3)c3ccccc3-c3c2cc2cc(-c4ccc5c(c4)-c4cccc6cccc(c46)O5)ccc2c3-c2cccc3ccccc23)cc1. The molecular weight excluding hydrogens is 677 g/mol. The van der Waals surface area contributed by atoms with Gasteiger partial charge in [0.2, 0.25) is 0 Å². The molecular formula is C55H34O. The monoisotopic (exact) mass is 710 g/mol. The summed E-state index contributed by atoms with van der Waals surface area (Å²) in [5.74, 6) is 1.81. The molecule has 12 rings (SSSR count). The zero-order valence-electron chi connectivity index (χ0n) is 30.5. The van der Waals surface area contributed by atoms with Crippen LogP contribution in [-0.4, -0.2) is 0 Å². The lowest BCUT2D eigenvalue weighted by Crippen LogP contribution is -2.28. The molecule has 1 aliphatic heterocycles. The minimum atomic E-state index is -0.521. The maximum absolute atomic E-state index is 6.50. The van der Waals surface area contributed by atoms with E-state index in [1.165, 1.54) is 93.5 Å². The molecule has 0 unspecified atom stereocenters. The van der Waals surface area contributed by atoms with E-state index >= 15 is 0 Å². The van der Waals surface area contributed by atoms with Crippen molar-refractivity contribution >= 4 is 32.3 Å². The molecule has 10 aromatic rings. The summed E-state index contributed by atoms with van der Waals surface area (Å²) in [6.45, 7) is 0. The first-order chi connectivity index (χ1) is 27.8. The molecule has 0 atom stereocenters. The number of hydrogen-bond acceptors (Lipinski definition) is 1. The normalized spacial score (nSPS) is 13.3. The minimum Gasteiger partial charge on any atom is -0.456 e. The Morgan fingerprint density at radius 2 is 0.946 bits per heavy atom. The summed E-state index contributed by atoms with van der Waals surface area (Å²) in [6.07, 6.45) is 0. The van der Waals surface area contributed by atoms with Gasteiger partial charge in [0, 0.05) is 10.9 Å². The highest BCUT2D eigenvalue weighted by Crippen LogP contribution is 2.60. The largest absolute Gasteiger partial charge is 0.456 e. The Morgan fingerprint density at radius 1 is 0.321 bits per heavy atom. The predicted octanol–water partition coefficient (Wildman–Crippen LogP) is 14.6. The molecule has 0 saturated carbocycles. The van der Waals surface area contributed by atoms with Crippen molar-refractivity contribution in [2.45, 2.75) is 5.41 Å². The second kappa shape index (κ2) is 11.9. The average Bonchev–Trinajstić information content (AvgIpc) is 3.56. The average molecular weight is 711 g/mol. The van der Waals surface area contributed by atoms with Crippen molar-refractivity contribution in [1.29, 1.82) is 0 Å². The van der Waals surface area contributed by atoms with Crippen molar-refractivity contribution in [2.75, 3.05) is 0 Å². The molecule has 0 bridgehead atoms. The molecule has 1 heteroatoms. The second-order valence-corrected chi connectivity index (χ2v) is 15.1. The summed E-state index contributed by atoms with van der Waals surface area (Å²) < 4.78 is 6.50. The summed E-state index contributed by atoms with van der Waals surface area (Å²) in [5, 5.41) is 7.32. The van der Waals surface area contributed by atoms with E-state index in [2.05, 4.69) is 206 Å². The first-order valence-corrected chi connectivity index (χ1v) is 19.4. The van der Waals surface area contributed by atoms with Gasteiger partial charge in [0.15, 0.2) is 0 Å². The lowest BCUT2D eigenvalue weighted by molar-refractivity contribution is 0.487. The lowest BCUT2D eigenvalue weighted by Gasteiger charge is -2.34. The van der Waals surface area contributed by atoms with Crippen molar-refractivity contribution in [3.63, 3.8) is 0 Å². The van der Waals surface area contributed by atoms with Gasteiger partial charge >= 0.3 is 0 Å². The summed E-state index contributed by atoms with van der Waals surface area (Å²) in [5.41, 5.74) is 14.4. The molecule has 2 aliphatic rings. The summed E-state index contributed by atoms with van der Waals surface area (Å²) in [7, 11) is 0. The van der Waals surface area contributed by atoms with Crippen LogP contribution in [-0.2, 0) is 5.41 Å². The van der Waals surface area contributed by atoms with E-state index in [-0.39, 0.29) is 0 Å². The lowest BCUT2D eigenvalue weighted by atomic mass is 9.67. The number of ether oxygens (including phenoxy) is 1. The highest BCUT2D eigenvalue weighted by molar-refractivity contribution is 6.14. The second-order valence-electron chi connectivity index (χ2n) is 15.1. The molecule has 1 aliphatic carbocycles. The van der Waals surface area contributed by atoms with Gasteiger partial charge < -0.3 is 4.74 Å². The third kappa shape index (κ3) is 4.31. The smallest absolute Gasteiger partial charge is 0.135 e. The molecule has 0 radical (unpaired) electrons. The Bertz CT molecular complexity index is 3160. The zero-order chi connectivity index (χ0) is 36.8. The Morgan fingerprint density at radius 3 is 1.77 bits per heavy atom. The van der Waals surface area contributed by atoms with E-state index in [0.29, 0.717) is 0 Å². The first-order valence-electron chi connectivity index (χ1n) is 19.4. The minimum absolute atomic E-state index is 0.521. The maximum atomic E-state index is 6.50. The molecule has 0 aromatic heterocycles. The fourth-order valence-electron chi connectivity index (χ4n) is 9.97. The van der Waals surface area contributed by atoms with Crippen molar-refractivity contribution in [2.24, 2.45) is 0 Å². The Hall–Kier alpha value is -7.22. The van der Waals surface area contributed by atoms with Crippen LogP contribution in [0.1, 0.15) is 22.3 Å². The van der Waals surface area contributed by atoms with Gasteiger partial charge in [-0.25, -0.2) is 0 Å². The molecule has 0 N–H and O–H groups in total. The standard InChI is InChI=1S/C55H34O/c1-3-18-40(19-4-1)55(41-20-5-2-6-21-41)48-26-10-9-23-46(48)54-49(55)34-39-32-37(28-30-43(39)53(54)44-24-11-15-35-14-7-8-22-42(35)44)38-29-31-50-47(33-38)45-25-12-16-36-17-13-27-51(56-50)52(36)45/h1-34H. The topological polar surface area (TPSA) is 9.23 Å².